The van der Waals surface area contributed by atoms with Crippen molar-refractivity contribution < 1.29 is 8.78 Å². The third-order valence-corrected chi connectivity index (χ3v) is 1.38. The summed E-state index contributed by atoms with van der Waals surface area (Å²) in [5.41, 5.74) is 5.21. The first-order chi connectivity index (χ1) is 5.55. The molecule has 0 aliphatic heterocycles. The van der Waals surface area contributed by atoms with Gasteiger partial charge < -0.3 is 10.3 Å². The first-order valence-electron chi connectivity index (χ1n) is 3.52. The van der Waals surface area contributed by atoms with Crippen molar-refractivity contribution in [2.45, 2.75) is 19.4 Å². The van der Waals surface area contributed by atoms with E-state index in [0.717, 1.165) is 6.92 Å². The molecule has 0 aliphatic carbocycles. The fraction of sp³-hybridized carbons (Fsp3) is 0.667. The number of nitrogens with zero attached hydrogens (tertiary/aromatic N) is 3. The molecule has 0 aromatic carbocycles. The van der Waals surface area contributed by atoms with Crippen molar-refractivity contribution in [1.82, 2.24) is 14.8 Å². The zero-order valence-corrected chi connectivity index (χ0v) is 6.67. The molecule has 68 valence electrons. The van der Waals surface area contributed by atoms with E-state index in [4.69, 9.17) is 5.73 Å². The maximum atomic E-state index is 12.7. The summed E-state index contributed by atoms with van der Waals surface area (Å²) in [5.74, 6) is -3.29. The Hall–Kier alpha value is -1.04. The van der Waals surface area contributed by atoms with E-state index >= 15 is 0 Å². The lowest BCUT2D eigenvalue weighted by molar-refractivity contribution is 0.00378. The molecule has 0 radical (unpaired) electrons. The molecule has 0 aliphatic rings. The third kappa shape index (κ3) is 1.76. The highest BCUT2D eigenvalue weighted by Gasteiger charge is 2.30. The summed E-state index contributed by atoms with van der Waals surface area (Å²) in [6, 6.07) is 0. The van der Waals surface area contributed by atoms with Gasteiger partial charge in [-0.25, -0.2) is 0 Å². The second-order valence-corrected chi connectivity index (χ2v) is 2.52. The van der Waals surface area contributed by atoms with E-state index in [-0.39, 0.29) is 5.82 Å². The Kier molecular flexibility index (Phi) is 2.37. The van der Waals surface area contributed by atoms with Gasteiger partial charge in [-0.2, -0.15) is 8.78 Å². The van der Waals surface area contributed by atoms with Gasteiger partial charge in [0, 0.05) is 20.0 Å². The van der Waals surface area contributed by atoms with Crippen LogP contribution in [0.25, 0.3) is 0 Å². The summed E-state index contributed by atoms with van der Waals surface area (Å²) < 4.78 is 26.7. The van der Waals surface area contributed by atoms with Crippen LogP contribution in [-0.2, 0) is 12.5 Å². The standard InChI is InChI=1S/C6H10F2N4/c1-6(7,8)5-11-10-4-12(5)3-2-9/h4H,2-3,9H2,1H3. The van der Waals surface area contributed by atoms with Gasteiger partial charge in [0.15, 0.2) is 0 Å². The molecule has 1 aromatic rings. The highest BCUT2D eigenvalue weighted by Crippen LogP contribution is 2.24. The van der Waals surface area contributed by atoms with Crippen LogP contribution in [0.3, 0.4) is 0 Å². The molecule has 0 spiro atoms. The molecule has 1 aromatic heterocycles. The Balaban J connectivity index is 2.91. The third-order valence-electron chi connectivity index (χ3n) is 1.38. The highest BCUT2D eigenvalue weighted by molar-refractivity contribution is 4.94. The fourth-order valence-corrected chi connectivity index (χ4v) is 0.898. The zero-order valence-electron chi connectivity index (χ0n) is 6.67. The average molecular weight is 176 g/mol. The van der Waals surface area contributed by atoms with E-state index in [1.807, 2.05) is 0 Å². The first-order valence-corrected chi connectivity index (χ1v) is 3.52. The number of hydrogen-bond acceptors (Lipinski definition) is 3. The Labute approximate surface area is 68.4 Å². The van der Waals surface area contributed by atoms with Crippen LogP contribution in [0.4, 0.5) is 8.78 Å². The van der Waals surface area contributed by atoms with Crippen LogP contribution in [0.1, 0.15) is 12.7 Å². The molecule has 0 bridgehead atoms. The molecule has 0 saturated heterocycles. The minimum absolute atomic E-state index is 0.293. The predicted molar refractivity (Wildman–Crippen MR) is 38.6 cm³/mol. The summed E-state index contributed by atoms with van der Waals surface area (Å²) >= 11 is 0. The molecule has 0 unspecified atom stereocenters. The number of alkyl halides is 2. The normalized spacial score (nSPS) is 12.0. The molecule has 2 N–H and O–H groups in total. The van der Waals surface area contributed by atoms with E-state index in [0.29, 0.717) is 13.1 Å². The lowest BCUT2D eigenvalue weighted by Crippen LogP contribution is -2.19. The van der Waals surface area contributed by atoms with Crippen LogP contribution in [-0.4, -0.2) is 21.3 Å². The van der Waals surface area contributed by atoms with Crippen LogP contribution in [0.15, 0.2) is 6.33 Å². The van der Waals surface area contributed by atoms with Gasteiger partial charge in [0.25, 0.3) is 0 Å². The second kappa shape index (κ2) is 3.14. The van der Waals surface area contributed by atoms with Gasteiger partial charge >= 0.3 is 5.92 Å². The van der Waals surface area contributed by atoms with Crippen molar-refractivity contribution >= 4 is 0 Å². The lowest BCUT2D eigenvalue weighted by atomic mass is 10.3. The van der Waals surface area contributed by atoms with Gasteiger partial charge in [-0.05, 0) is 0 Å². The van der Waals surface area contributed by atoms with Gasteiger partial charge in [0.1, 0.15) is 6.33 Å². The van der Waals surface area contributed by atoms with Crippen LogP contribution < -0.4 is 5.73 Å². The van der Waals surface area contributed by atoms with Crippen molar-refractivity contribution in [2.24, 2.45) is 5.73 Å². The van der Waals surface area contributed by atoms with Crippen LogP contribution in [0, 0.1) is 0 Å². The average Bonchev–Trinajstić information content (AvgIpc) is 2.34. The maximum absolute atomic E-state index is 12.7. The van der Waals surface area contributed by atoms with Crippen molar-refractivity contribution in [3.8, 4) is 0 Å². The quantitative estimate of drug-likeness (QED) is 0.722. The van der Waals surface area contributed by atoms with Gasteiger partial charge in [0.2, 0.25) is 5.82 Å². The summed E-state index contributed by atoms with van der Waals surface area (Å²) in [7, 11) is 0. The van der Waals surface area contributed by atoms with E-state index in [1.165, 1.54) is 10.9 Å². The molecule has 0 saturated carbocycles. The Morgan fingerprint density at radius 1 is 1.67 bits per heavy atom. The number of rotatable bonds is 3. The smallest absolute Gasteiger partial charge is 0.304 e. The van der Waals surface area contributed by atoms with Crippen LogP contribution in [0.2, 0.25) is 0 Å². The van der Waals surface area contributed by atoms with Crippen molar-refractivity contribution in [3.63, 3.8) is 0 Å². The van der Waals surface area contributed by atoms with Crippen molar-refractivity contribution in [1.29, 1.82) is 0 Å². The Bertz CT molecular complexity index is 252. The van der Waals surface area contributed by atoms with Crippen molar-refractivity contribution in [2.75, 3.05) is 6.54 Å². The van der Waals surface area contributed by atoms with Gasteiger partial charge in [-0.1, -0.05) is 0 Å². The molecule has 1 rings (SSSR count). The van der Waals surface area contributed by atoms with Gasteiger partial charge in [-0.3, -0.25) is 0 Å². The summed E-state index contributed by atoms with van der Waals surface area (Å²) in [5, 5.41) is 6.70. The van der Waals surface area contributed by atoms with E-state index in [9.17, 15) is 8.78 Å². The number of halogens is 2. The molecule has 6 heteroatoms. The highest BCUT2D eigenvalue weighted by atomic mass is 19.3. The zero-order chi connectivity index (χ0) is 9.19. The van der Waals surface area contributed by atoms with Gasteiger partial charge in [-0.15, -0.1) is 10.2 Å². The molecular formula is C6H10F2N4. The van der Waals surface area contributed by atoms with Gasteiger partial charge in [0.05, 0.1) is 0 Å². The van der Waals surface area contributed by atoms with E-state index in [1.54, 1.807) is 0 Å². The number of hydrogen-bond donors (Lipinski definition) is 1. The molecule has 12 heavy (non-hydrogen) atoms. The SMILES string of the molecule is CC(F)(F)c1nncn1CCN. The van der Waals surface area contributed by atoms with E-state index < -0.39 is 5.92 Å². The maximum Gasteiger partial charge on any atom is 0.304 e. The number of aromatic nitrogens is 3. The van der Waals surface area contributed by atoms with Crippen LogP contribution in [0.5, 0.6) is 0 Å². The van der Waals surface area contributed by atoms with Crippen LogP contribution >= 0.6 is 0 Å². The lowest BCUT2D eigenvalue weighted by Gasteiger charge is -2.10. The molecule has 0 atom stereocenters. The number of nitrogens with two attached hydrogens (primary N) is 1. The molecular weight excluding hydrogens is 166 g/mol. The monoisotopic (exact) mass is 176 g/mol. The summed E-state index contributed by atoms with van der Waals surface area (Å²) in [4.78, 5) is 0. The predicted octanol–water partition coefficient (Wildman–Crippen LogP) is 0.348. The minimum atomic E-state index is -2.95. The first kappa shape index (κ1) is 9.05. The Morgan fingerprint density at radius 3 is 2.83 bits per heavy atom. The summed E-state index contributed by atoms with van der Waals surface area (Å²) in [6.45, 7) is 1.39. The second-order valence-electron chi connectivity index (χ2n) is 2.52. The fourth-order valence-electron chi connectivity index (χ4n) is 0.898. The van der Waals surface area contributed by atoms with Crippen molar-refractivity contribution in [3.05, 3.63) is 12.2 Å². The van der Waals surface area contributed by atoms with E-state index in [2.05, 4.69) is 10.2 Å². The molecule has 1 heterocycles. The largest absolute Gasteiger partial charge is 0.329 e. The topological polar surface area (TPSA) is 56.7 Å². The Morgan fingerprint density at radius 2 is 2.33 bits per heavy atom. The summed E-state index contributed by atoms with van der Waals surface area (Å²) in [6.07, 6.45) is 1.25. The molecule has 0 amide bonds. The minimum Gasteiger partial charge on any atom is -0.329 e. The molecule has 4 nitrogen and oxygen atoms in total. The molecule has 0 fully saturated rings.